The van der Waals surface area contributed by atoms with Gasteiger partial charge in [0, 0.05) is 21.9 Å². The van der Waals surface area contributed by atoms with E-state index in [1.54, 1.807) is 36.4 Å². The van der Waals surface area contributed by atoms with Crippen molar-refractivity contribution in [3.63, 3.8) is 0 Å². The molecule has 2 unspecified atom stereocenters. The predicted octanol–water partition coefficient (Wildman–Crippen LogP) is 4.36. The first-order valence-electron chi connectivity index (χ1n) is 8.79. The summed E-state index contributed by atoms with van der Waals surface area (Å²) < 4.78 is 17.0. The van der Waals surface area contributed by atoms with E-state index in [2.05, 4.69) is 17.2 Å². The lowest BCUT2D eigenvalue weighted by atomic mass is 10.1. The van der Waals surface area contributed by atoms with Gasteiger partial charge in [0.1, 0.15) is 5.75 Å². The average molecular weight is 448 g/mol. The predicted molar refractivity (Wildman–Crippen MR) is 115 cm³/mol. The quantitative estimate of drug-likeness (QED) is 0.526. The van der Waals surface area contributed by atoms with E-state index in [1.807, 2.05) is 12.1 Å². The highest BCUT2D eigenvalue weighted by molar-refractivity contribution is 8.24. The first kappa shape index (κ1) is 21.4. The molecular formula is C21H18ClNO4S2. The topological polar surface area (TPSA) is 72.5 Å². The summed E-state index contributed by atoms with van der Waals surface area (Å²) in [5, 5.41) is 2.44. The summed E-state index contributed by atoms with van der Waals surface area (Å²) in [6, 6.07) is 13.8. The Labute approximate surface area is 181 Å². The van der Waals surface area contributed by atoms with Crippen LogP contribution in [0.15, 0.2) is 53.4 Å². The molecule has 0 aromatic heterocycles. The van der Waals surface area contributed by atoms with Gasteiger partial charge in [-0.25, -0.2) is 0 Å². The second kappa shape index (κ2) is 9.49. The lowest BCUT2D eigenvalue weighted by molar-refractivity contribution is -0.119. The first-order valence-corrected chi connectivity index (χ1v) is 11.1. The highest BCUT2D eigenvalue weighted by Gasteiger charge is 2.52. The van der Waals surface area contributed by atoms with Crippen LogP contribution in [-0.4, -0.2) is 26.5 Å². The molecule has 1 heterocycles. The van der Waals surface area contributed by atoms with Crippen LogP contribution in [0.2, 0.25) is 5.02 Å². The van der Waals surface area contributed by atoms with Crippen LogP contribution in [0, 0.1) is 11.8 Å². The molecule has 0 spiro atoms. The summed E-state index contributed by atoms with van der Waals surface area (Å²) in [7, 11) is -0.172. The van der Waals surface area contributed by atoms with E-state index in [9.17, 15) is 13.8 Å². The second-order valence-electron chi connectivity index (χ2n) is 6.20. The van der Waals surface area contributed by atoms with E-state index in [1.165, 1.54) is 7.11 Å². The third kappa shape index (κ3) is 5.02. The molecule has 5 nitrogen and oxygen atoms in total. The maximum Gasteiger partial charge on any atom is 0.287 e. The number of rotatable bonds is 6. The molecule has 2 atom stereocenters. The van der Waals surface area contributed by atoms with Gasteiger partial charge in [-0.3, -0.25) is 19.1 Å². The molecule has 1 fully saturated rings. The van der Waals surface area contributed by atoms with Crippen molar-refractivity contribution in [1.29, 1.82) is 0 Å². The lowest BCUT2D eigenvalue weighted by Gasteiger charge is -2.23. The molecule has 0 aliphatic carbocycles. The number of amides is 2. The average Bonchev–Trinajstić information content (AvgIpc) is 3.02. The normalized spacial score (nSPS) is 19.2. The Bertz CT molecular complexity index is 996. The maximum atomic E-state index is 13.2. The van der Waals surface area contributed by atoms with Crippen LogP contribution in [-0.2, 0) is 15.6 Å². The van der Waals surface area contributed by atoms with Gasteiger partial charge in [-0.05, 0) is 73.1 Å². The Kier molecular flexibility index (Phi) is 7.01. The number of thioether (sulfide) groups is 1. The zero-order chi connectivity index (χ0) is 20.9. The highest BCUT2D eigenvalue weighted by Crippen LogP contribution is 2.42. The fraction of sp³-hybridized carbons (Fsp3) is 0.238. The monoisotopic (exact) mass is 447 g/mol. The number of hydrogen-bond acceptors (Lipinski definition) is 5. The van der Waals surface area contributed by atoms with Crippen molar-refractivity contribution in [1.82, 2.24) is 5.32 Å². The van der Waals surface area contributed by atoms with Gasteiger partial charge in [-0.2, -0.15) is 0 Å². The fourth-order valence-corrected chi connectivity index (χ4v) is 5.88. The number of halogens is 1. The number of hydrogen-bond donors (Lipinski definition) is 1. The Hall–Kier alpha value is -2.27. The van der Waals surface area contributed by atoms with Gasteiger partial charge in [0.15, 0.2) is 4.08 Å². The molecule has 1 N–H and O–H groups in total. The summed E-state index contributed by atoms with van der Waals surface area (Å²) in [6.07, 6.45) is 1.30. The highest BCUT2D eigenvalue weighted by atomic mass is 35.5. The zero-order valence-electron chi connectivity index (χ0n) is 15.6. The molecule has 29 heavy (non-hydrogen) atoms. The van der Waals surface area contributed by atoms with Gasteiger partial charge in [0.05, 0.1) is 17.9 Å². The van der Waals surface area contributed by atoms with E-state index in [4.69, 9.17) is 16.3 Å². The summed E-state index contributed by atoms with van der Waals surface area (Å²) >= 11 is 6.65. The van der Waals surface area contributed by atoms with Gasteiger partial charge < -0.3 is 4.74 Å². The van der Waals surface area contributed by atoms with Gasteiger partial charge in [0.25, 0.3) is 11.1 Å². The molecule has 1 saturated heterocycles. The van der Waals surface area contributed by atoms with Crippen LogP contribution in [0.3, 0.4) is 0 Å². The van der Waals surface area contributed by atoms with Gasteiger partial charge in [0.2, 0.25) is 0 Å². The Morgan fingerprint density at radius 2 is 1.83 bits per heavy atom. The van der Waals surface area contributed by atoms with Crippen molar-refractivity contribution in [2.45, 2.75) is 28.2 Å². The summed E-state index contributed by atoms with van der Waals surface area (Å²) in [4.78, 5) is 24.9. The Morgan fingerprint density at radius 1 is 1.14 bits per heavy atom. The van der Waals surface area contributed by atoms with Crippen molar-refractivity contribution in [2.75, 3.05) is 7.11 Å². The summed E-state index contributed by atoms with van der Waals surface area (Å²) in [6.45, 7) is 0. The van der Waals surface area contributed by atoms with E-state index in [0.29, 0.717) is 28.5 Å². The molecule has 2 amide bonds. The number of methoxy groups -OCH3 is 1. The smallest absolute Gasteiger partial charge is 0.287 e. The number of carbonyl (C=O) groups excluding carboxylic acids is 2. The molecule has 0 bridgehead atoms. The number of unbranched alkanes of at least 4 members (excludes halogenated alkanes) is 1. The van der Waals surface area contributed by atoms with Crippen LogP contribution in [0.4, 0.5) is 4.79 Å². The molecule has 8 heteroatoms. The third-order valence-electron chi connectivity index (χ3n) is 4.28. The lowest BCUT2D eigenvalue weighted by Crippen LogP contribution is -2.40. The minimum Gasteiger partial charge on any atom is -0.497 e. The molecule has 1 aliphatic rings. The zero-order valence-corrected chi connectivity index (χ0v) is 18.0. The van der Waals surface area contributed by atoms with Crippen molar-refractivity contribution in [3.05, 3.63) is 59.1 Å². The first-order chi connectivity index (χ1) is 13.9. The second-order valence-corrected chi connectivity index (χ2v) is 9.88. The molecule has 0 radical (unpaired) electrons. The molecule has 0 saturated carbocycles. The Morgan fingerprint density at radius 3 is 2.41 bits per heavy atom. The molecule has 1 aliphatic heterocycles. The van der Waals surface area contributed by atoms with Gasteiger partial charge in [-0.1, -0.05) is 23.4 Å². The van der Waals surface area contributed by atoms with Crippen molar-refractivity contribution in [3.8, 4) is 17.6 Å². The van der Waals surface area contributed by atoms with Crippen molar-refractivity contribution >= 4 is 45.3 Å². The van der Waals surface area contributed by atoms with Crippen LogP contribution < -0.4 is 10.1 Å². The maximum absolute atomic E-state index is 13.2. The molecular weight excluding hydrogens is 430 g/mol. The van der Waals surface area contributed by atoms with E-state index >= 15 is 0 Å². The van der Waals surface area contributed by atoms with E-state index in [0.717, 1.165) is 17.3 Å². The largest absolute Gasteiger partial charge is 0.497 e. The van der Waals surface area contributed by atoms with Crippen LogP contribution in [0.1, 0.15) is 24.8 Å². The number of nitrogens with one attached hydrogen (secondary N) is 1. The van der Waals surface area contributed by atoms with Gasteiger partial charge >= 0.3 is 0 Å². The molecule has 3 rings (SSSR count). The summed E-state index contributed by atoms with van der Waals surface area (Å²) in [5.74, 6) is 6.18. The molecule has 2 aromatic rings. The third-order valence-corrected chi connectivity index (χ3v) is 7.93. The van der Waals surface area contributed by atoms with Crippen molar-refractivity contribution < 1.29 is 18.5 Å². The summed E-state index contributed by atoms with van der Waals surface area (Å²) in [5.41, 5.74) is 0.842. The number of imide groups is 1. The fourth-order valence-electron chi connectivity index (χ4n) is 2.79. The molecule has 2 aromatic carbocycles. The van der Waals surface area contributed by atoms with E-state index < -0.39 is 26.0 Å². The number of benzene rings is 2. The van der Waals surface area contributed by atoms with Gasteiger partial charge in [-0.15, -0.1) is 0 Å². The van der Waals surface area contributed by atoms with E-state index in [-0.39, 0.29) is 6.42 Å². The molecule has 150 valence electrons. The van der Waals surface area contributed by atoms with Crippen LogP contribution >= 0.6 is 23.4 Å². The standard InChI is InChI=1S/C21H18ClNO4S2/c1-27-17-10-12-18(13-11-17)29(26)21(19(24)23-20(25)28-21)14-4-2-3-5-15-6-8-16(22)9-7-15/h6-13H,2,4,14H2,1H3,(H,23,24,25). The van der Waals surface area contributed by atoms with Crippen LogP contribution in [0.25, 0.3) is 0 Å². The minimum absolute atomic E-state index is 0.267. The van der Waals surface area contributed by atoms with Crippen LogP contribution in [0.5, 0.6) is 5.75 Å². The number of carbonyl (C=O) groups is 2. The number of ether oxygens (including phenoxy) is 1. The van der Waals surface area contributed by atoms with Crippen molar-refractivity contribution in [2.24, 2.45) is 0 Å². The SMILES string of the molecule is COc1ccc(S(=O)C2(CCCC#Cc3ccc(Cl)cc3)SC(=O)NC2=O)cc1. The Balaban J connectivity index is 1.72. The minimum atomic E-state index is -1.71.